The summed E-state index contributed by atoms with van der Waals surface area (Å²) in [5.74, 6) is 5.70. The van der Waals surface area contributed by atoms with Crippen LogP contribution in [0.3, 0.4) is 0 Å². The van der Waals surface area contributed by atoms with Crippen LogP contribution < -0.4 is 11.3 Å². The summed E-state index contributed by atoms with van der Waals surface area (Å²) in [5, 5.41) is 0. The average Bonchev–Trinajstić information content (AvgIpc) is 2.42. The Kier molecular flexibility index (Phi) is 4.69. The fraction of sp³-hybridized carbons (Fsp3) is 0.267. The SMILES string of the molecule is Cc1cc(C(Cc2ccccn2)NN)cc(C)c1Br. The van der Waals surface area contributed by atoms with Gasteiger partial charge in [0.1, 0.15) is 0 Å². The third-order valence-corrected chi connectivity index (χ3v) is 4.45. The molecule has 19 heavy (non-hydrogen) atoms. The van der Waals surface area contributed by atoms with Gasteiger partial charge in [-0.05, 0) is 42.7 Å². The van der Waals surface area contributed by atoms with Crippen molar-refractivity contribution in [2.24, 2.45) is 5.84 Å². The Morgan fingerprint density at radius 1 is 1.26 bits per heavy atom. The van der Waals surface area contributed by atoms with Gasteiger partial charge < -0.3 is 0 Å². The third kappa shape index (κ3) is 3.41. The minimum absolute atomic E-state index is 0.0698. The fourth-order valence-corrected chi connectivity index (χ4v) is 2.41. The van der Waals surface area contributed by atoms with Gasteiger partial charge in [0.15, 0.2) is 0 Å². The summed E-state index contributed by atoms with van der Waals surface area (Å²) in [4.78, 5) is 4.35. The molecule has 100 valence electrons. The molecule has 0 saturated heterocycles. The molecule has 0 fully saturated rings. The van der Waals surface area contributed by atoms with Crippen molar-refractivity contribution in [1.82, 2.24) is 10.4 Å². The van der Waals surface area contributed by atoms with Gasteiger partial charge >= 0.3 is 0 Å². The van der Waals surface area contributed by atoms with Gasteiger partial charge in [-0.1, -0.05) is 34.1 Å². The minimum Gasteiger partial charge on any atom is -0.271 e. The van der Waals surface area contributed by atoms with E-state index in [9.17, 15) is 0 Å². The van der Waals surface area contributed by atoms with E-state index in [0.717, 1.165) is 16.6 Å². The Balaban J connectivity index is 2.27. The number of hydrogen-bond donors (Lipinski definition) is 2. The highest BCUT2D eigenvalue weighted by Gasteiger charge is 2.13. The second kappa shape index (κ2) is 6.28. The van der Waals surface area contributed by atoms with Crippen LogP contribution in [-0.2, 0) is 6.42 Å². The monoisotopic (exact) mass is 319 g/mol. The van der Waals surface area contributed by atoms with E-state index in [1.54, 1.807) is 6.20 Å². The van der Waals surface area contributed by atoms with E-state index in [1.807, 2.05) is 18.2 Å². The first-order valence-corrected chi connectivity index (χ1v) is 7.03. The molecular weight excluding hydrogens is 302 g/mol. The first kappa shape index (κ1) is 14.2. The molecule has 0 aliphatic carbocycles. The van der Waals surface area contributed by atoms with E-state index in [1.165, 1.54) is 16.7 Å². The normalized spacial score (nSPS) is 12.4. The number of pyridine rings is 1. The maximum absolute atomic E-state index is 5.70. The van der Waals surface area contributed by atoms with E-state index >= 15 is 0 Å². The Hall–Kier alpha value is -1.23. The highest BCUT2D eigenvalue weighted by molar-refractivity contribution is 9.10. The molecule has 2 aromatic rings. The van der Waals surface area contributed by atoms with E-state index in [0.29, 0.717) is 0 Å². The van der Waals surface area contributed by atoms with Gasteiger partial charge in [0.05, 0.1) is 6.04 Å². The van der Waals surface area contributed by atoms with Crippen LogP contribution in [0.15, 0.2) is 41.0 Å². The van der Waals surface area contributed by atoms with Gasteiger partial charge in [-0.3, -0.25) is 16.3 Å². The van der Waals surface area contributed by atoms with Crippen molar-refractivity contribution in [1.29, 1.82) is 0 Å². The number of hydrazine groups is 1. The molecule has 0 amide bonds. The molecule has 3 N–H and O–H groups in total. The minimum atomic E-state index is 0.0698. The number of aromatic nitrogens is 1. The van der Waals surface area contributed by atoms with Crippen LogP contribution in [0.2, 0.25) is 0 Å². The van der Waals surface area contributed by atoms with Gasteiger partial charge in [0, 0.05) is 22.8 Å². The molecule has 0 radical (unpaired) electrons. The number of rotatable bonds is 4. The maximum Gasteiger partial charge on any atom is 0.0515 e. The number of aryl methyl sites for hydroxylation is 2. The van der Waals surface area contributed by atoms with Crippen molar-refractivity contribution in [2.75, 3.05) is 0 Å². The lowest BCUT2D eigenvalue weighted by atomic mass is 9.98. The summed E-state index contributed by atoms with van der Waals surface area (Å²) in [7, 11) is 0. The Bertz CT molecular complexity index is 532. The fourth-order valence-electron chi connectivity index (χ4n) is 2.18. The number of hydrogen-bond acceptors (Lipinski definition) is 3. The summed E-state index contributed by atoms with van der Waals surface area (Å²) in [6.45, 7) is 4.18. The van der Waals surface area contributed by atoms with Gasteiger partial charge in [-0.15, -0.1) is 0 Å². The largest absolute Gasteiger partial charge is 0.271 e. The summed E-state index contributed by atoms with van der Waals surface area (Å²) in [6.07, 6.45) is 2.58. The van der Waals surface area contributed by atoms with Crippen molar-refractivity contribution in [3.05, 3.63) is 63.4 Å². The van der Waals surface area contributed by atoms with Crippen molar-refractivity contribution in [3.63, 3.8) is 0 Å². The lowest BCUT2D eigenvalue weighted by molar-refractivity contribution is 0.545. The Labute approximate surface area is 122 Å². The standard InChI is InChI=1S/C15H18BrN3/c1-10-7-12(8-11(2)15(10)16)14(19-17)9-13-5-3-4-6-18-13/h3-8,14,19H,9,17H2,1-2H3. The van der Waals surface area contributed by atoms with Gasteiger partial charge in [0.2, 0.25) is 0 Å². The lowest BCUT2D eigenvalue weighted by Gasteiger charge is -2.18. The van der Waals surface area contributed by atoms with Crippen molar-refractivity contribution >= 4 is 15.9 Å². The second-order valence-electron chi connectivity index (χ2n) is 4.71. The molecule has 0 spiro atoms. The number of halogens is 1. The molecule has 2 rings (SSSR count). The predicted octanol–water partition coefficient (Wildman–Crippen LogP) is 3.21. The quantitative estimate of drug-likeness (QED) is 0.672. The lowest BCUT2D eigenvalue weighted by Crippen LogP contribution is -2.30. The van der Waals surface area contributed by atoms with Crippen LogP contribution in [0, 0.1) is 13.8 Å². The highest BCUT2D eigenvalue weighted by atomic mass is 79.9. The molecule has 1 aromatic carbocycles. The van der Waals surface area contributed by atoms with E-state index in [4.69, 9.17) is 5.84 Å². The molecule has 0 saturated carbocycles. The third-order valence-electron chi connectivity index (χ3n) is 3.20. The smallest absolute Gasteiger partial charge is 0.0515 e. The molecule has 1 unspecified atom stereocenters. The number of benzene rings is 1. The van der Waals surface area contributed by atoms with Crippen LogP contribution >= 0.6 is 15.9 Å². The summed E-state index contributed by atoms with van der Waals surface area (Å²) in [6, 6.07) is 10.3. The molecule has 0 aliphatic heterocycles. The van der Waals surface area contributed by atoms with E-state index < -0.39 is 0 Å². The molecule has 0 bridgehead atoms. The zero-order chi connectivity index (χ0) is 13.8. The van der Waals surface area contributed by atoms with Crippen molar-refractivity contribution in [3.8, 4) is 0 Å². The molecule has 3 nitrogen and oxygen atoms in total. The molecule has 1 aromatic heterocycles. The van der Waals surface area contributed by atoms with Crippen LogP contribution in [-0.4, -0.2) is 4.98 Å². The van der Waals surface area contributed by atoms with Crippen LogP contribution in [0.5, 0.6) is 0 Å². The highest BCUT2D eigenvalue weighted by Crippen LogP contribution is 2.26. The van der Waals surface area contributed by atoms with Gasteiger partial charge in [-0.25, -0.2) is 0 Å². The zero-order valence-electron chi connectivity index (χ0n) is 11.2. The first-order valence-electron chi connectivity index (χ1n) is 6.24. The number of nitrogens with two attached hydrogens (primary N) is 1. The van der Waals surface area contributed by atoms with Crippen molar-refractivity contribution in [2.45, 2.75) is 26.3 Å². The summed E-state index contributed by atoms with van der Waals surface area (Å²) >= 11 is 3.59. The van der Waals surface area contributed by atoms with Gasteiger partial charge in [-0.2, -0.15) is 0 Å². The predicted molar refractivity (Wildman–Crippen MR) is 81.6 cm³/mol. The van der Waals surface area contributed by atoms with Crippen LogP contribution in [0.4, 0.5) is 0 Å². The van der Waals surface area contributed by atoms with Crippen molar-refractivity contribution < 1.29 is 0 Å². The number of nitrogens with zero attached hydrogens (tertiary/aromatic N) is 1. The van der Waals surface area contributed by atoms with E-state index in [2.05, 4.69) is 52.3 Å². The maximum atomic E-state index is 5.70. The van der Waals surface area contributed by atoms with Gasteiger partial charge in [0.25, 0.3) is 0 Å². The molecule has 0 aliphatic rings. The molecule has 4 heteroatoms. The van der Waals surface area contributed by atoms with Crippen LogP contribution in [0.1, 0.15) is 28.4 Å². The van der Waals surface area contributed by atoms with Crippen LogP contribution in [0.25, 0.3) is 0 Å². The Morgan fingerprint density at radius 3 is 2.47 bits per heavy atom. The number of nitrogens with one attached hydrogen (secondary N) is 1. The molecule has 1 atom stereocenters. The average molecular weight is 320 g/mol. The zero-order valence-corrected chi connectivity index (χ0v) is 12.7. The Morgan fingerprint density at radius 2 is 1.95 bits per heavy atom. The van der Waals surface area contributed by atoms with E-state index in [-0.39, 0.29) is 6.04 Å². The summed E-state index contributed by atoms with van der Waals surface area (Å²) in [5.41, 5.74) is 7.54. The molecule has 1 heterocycles. The topological polar surface area (TPSA) is 50.9 Å². The first-order chi connectivity index (χ1) is 9.11. The summed E-state index contributed by atoms with van der Waals surface area (Å²) < 4.78 is 1.16. The molecular formula is C15H18BrN3. The second-order valence-corrected chi connectivity index (χ2v) is 5.51.